The molecule has 5 rings (SSSR count). The van der Waals surface area contributed by atoms with Gasteiger partial charge in [0.05, 0.1) is 17.0 Å². The summed E-state index contributed by atoms with van der Waals surface area (Å²) < 4.78 is 0. The van der Waals surface area contributed by atoms with Gasteiger partial charge in [-0.15, -0.1) is 11.8 Å². The first-order valence-corrected chi connectivity index (χ1v) is 14.3. The van der Waals surface area contributed by atoms with Crippen LogP contribution in [0, 0.1) is 5.92 Å². The Labute approximate surface area is 222 Å². The van der Waals surface area contributed by atoms with Gasteiger partial charge in [0.2, 0.25) is 5.91 Å². The second-order valence-electron chi connectivity index (χ2n) is 9.98. The number of nitrogens with zero attached hydrogens (tertiary/aromatic N) is 2. The van der Waals surface area contributed by atoms with E-state index in [-0.39, 0.29) is 17.9 Å². The third-order valence-electron chi connectivity index (χ3n) is 7.23. The number of nitrogens with one attached hydrogen (secondary N) is 1. The smallest absolute Gasteiger partial charge is 0.225 e. The van der Waals surface area contributed by atoms with E-state index >= 15 is 0 Å². The zero-order valence-electron chi connectivity index (χ0n) is 19.8. The predicted octanol–water partition coefficient (Wildman–Crippen LogP) is 5.39. The number of benzene rings is 2. The largest absolute Gasteiger partial charge is 0.386 e. The van der Waals surface area contributed by atoms with Crippen molar-refractivity contribution >= 4 is 46.6 Å². The number of carbonyl (C=O) groups excluding carboxylic acids is 1. The molecule has 188 valence electrons. The molecule has 2 aromatic carbocycles. The van der Waals surface area contributed by atoms with Crippen LogP contribution in [0.25, 0.3) is 0 Å². The summed E-state index contributed by atoms with van der Waals surface area (Å²) in [6.07, 6.45) is 4.78. The third-order valence-corrected chi connectivity index (χ3v) is 9.32. The van der Waals surface area contributed by atoms with Crippen LogP contribution in [-0.2, 0) is 4.79 Å². The van der Waals surface area contributed by atoms with E-state index in [9.17, 15) is 9.90 Å². The first-order valence-electron chi connectivity index (χ1n) is 12.6. The van der Waals surface area contributed by atoms with Crippen LogP contribution in [0.4, 0.5) is 5.69 Å². The monoisotopic (exact) mass is 533 g/mol. The van der Waals surface area contributed by atoms with Gasteiger partial charge in [-0.25, -0.2) is 0 Å². The van der Waals surface area contributed by atoms with Gasteiger partial charge in [0.1, 0.15) is 6.10 Å². The van der Waals surface area contributed by atoms with Crippen LogP contribution >= 0.6 is 35.0 Å². The number of amides is 1. The summed E-state index contributed by atoms with van der Waals surface area (Å²) in [5.74, 6) is -0.100. The van der Waals surface area contributed by atoms with E-state index in [1.165, 1.54) is 12.8 Å². The van der Waals surface area contributed by atoms with Gasteiger partial charge in [0.25, 0.3) is 0 Å². The quantitative estimate of drug-likeness (QED) is 0.452. The normalized spacial score (nSPS) is 22.4. The van der Waals surface area contributed by atoms with Gasteiger partial charge in [0.15, 0.2) is 0 Å². The van der Waals surface area contributed by atoms with Gasteiger partial charge in [-0.2, -0.15) is 0 Å². The number of halogens is 2. The second kappa shape index (κ2) is 11.3. The van der Waals surface area contributed by atoms with Crippen molar-refractivity contribution in [3.05, 3.63) is 58.1 Å². The Kier molecular flexibility index (Phi) is 8.15. The van der Waals surface area contributed by atoms with E-state index in [1.54, 1.807) is 0 Å². The van der Waals surface area contributed by atoms with Crippen molar-refractivity contribution in [1.29, 1.82) is 0 Å². The molecule has 2 aromatic rings. The highest BCUT2D eigenvalue weighted by Gasteiger charge is 2.33. The van der Waals surface area contributed by atoms with Crippen molar-refractivity contribution in [3.8, 4) is 0 Å². The van der Waals surface area contributed by atoms with E-state index in [0.29, 0.717) is 28.4 Å². The molecule has 3 atom stereocenters. The van der Waals surface area contributed by atoms with Crippen molar-refractivity contribution in [2.75, 3.05) is 37.6 Å². The topological polar surface area (TPSA) is 55.8 Å². The Bertz CT molecular complexity index is 1030. The Morgan fingerprint density at radius 2 is 1.80 bits per heavy atom. The highest BCUT2D eigenvalue weighted by atomic mass is 35.5. The Hall–Kier alpha value is -1.44. The fraction of sp³-hybridized carbons (Fsp3) is 0.519. The summed E-state index contributed by atoms with van der Waals surface area (Å²) in [4.78, 5) is 19.0. The van der Waals surface area contributed by atoms with E-state index < -0.39 is 6.10 Å². The minimum atomic E-state index is -0.814. The lowest BCUT2D eigenvalue weighted by atomic mass is 10.00. The van der Waals surface area contributed by atoms with Crippen molar-refractivity contribution in [3.63, 3.8) is 0 Å². The van der Waals surface area contributed by atoms with E-state index in [1.807, 2.05) is 54.2 Å². The molecule has 0 bridgehead atoms. The number of aliphatic hydroxyl groups is 1. The maximum absolute atomic E-state index is 13.3. The fourth-order valence-corrected chi connectivity index (χ4v) is 6.52. The molecule has 2 saturated heterocycles. The number of thioether (sulfide) groups is 1. The van der Waals surface area contributed by atoms with Crippen LogP contribution < -0.4 is 10.2 Å². The van der Waals surface area contributed by atoms with E-state index in [4.69, 9.17) is 23.2 Å². The van der Waals surface area contributed by atoms with Gasteiger partial charge in [0, 0.05) is 40.5 Å². The van der Waals surface area contributed by atoms with Gasteiger partial charge < -0.3 is 20.2 Å². The molecule has 35 heavy (non-hydrogen) atoms. The summed E-state index contributed by atoms with van der Waals surface area (Å²) >= 11 is 14.4. The van der Waals surface area contributed by atoms with Crippen molar-refractivity contribution in [2.45, 2.75) is 54.4 Å². The lowest BCUT2D eigenvalue weighted by Gasteiger charge is -2.30. The molecule has 2 aliphatic heterocycles. The molecule has 0 spiro atoms. The summed E-state index contributed by atoms with van der Waals surface area (Å²) in [6, 6.07) is 13.2. The zero-order valence-corrected chi connectivity index (χ0v) is 22.2. The minimum Gasteiger partial charge on any atom is -0.386 e. The highest BCUT2D eigenvalue weighted by molar-refractivity contribution is 8.00. The van der Waals surface area contributed by atoms with Crippen LogP contribution in [0.5, 0.6) is 0 Å². The summed E-state index contributed by atoms with van der Waals surface area (Å²) in [5, 5.41) is 16.6. The van der Waals surface area contributed by atoms with Gasteiger partial charge in [-0.1, -0.05) is 29.3 Å². The number of rotatable bonds is 9. The second-order valence-corrected chi connectivity index (χ2v) is 12.2. The van der Waals surface area contributed by atoms with Crippen LogP contribution in [-0.4, -0.2) is 59.9 Å². The van der Waals surface area contributed by atoms with Gasteiger partial charge in [-0.05, 0) is 87.2 Å². The summed E-state index contributed by atoms with van der Waals surface area (Å²) in [6.45, 7) is 4.14. The molecule has 1 amide bonds. The van der Waals surface area contributed by atoms with E-state index in [0.717, 1.165) is 55.0 Å². The molecule has 8 heteroatoms. The molecule has 3 aliphatic rings. The SMILES string of the molecule is O=C(N[C@H](CN1CCCC1)[C@H](O)c1ccc(SC2CC2)c(Cl)c1)[C@@H]1CCN(c2ccc(Cl)cc2)C1. The summed E-state index contributed by atoms with van der Waals surface area (Å²) in [7, 11) is 0. The maximum atomic E-state index is 13.3. The lowest BCUT2D eigenvalue weighted by molar-refractivity contribution is -0.126. The van der Waals surface area contributed by atoms with Crippen molar-refractivity contribution in [1.82, 2.24) is 10.2 Å². The third kappa shape index (κ3) is 6.47. The molecule has 1 saturated carbocycles. The predicted molar refractivity (Wildman–Crippen MR) is 145 cm³/mol. The Balaban J connectivity index is 1.26. The average molecular weight is 535 g/mol. The number of likely N-dealkylation sites (tertiary alicyclic amines) is 1. The molecular formula is C27H33Cl2N3O2S. The highest BCUT2D eigenvalue weighted by Crippen LogP contribution is 2.42. The first kappa shape index (κ1) is 25.2. The van der Waals surface area contributed by atoms with Crippen LogP contribution in [0.2, 0.25) is 10.0 Å². The standard InChI is InChI=1S/C27H33Cl2N3O2S/c28-20-4-6-21(7-5-20)32-14-11-19(16-32)27(34)30-24(17-31-12-1-2-13-31)26(33)18-3-10-25(23(29)15-18)35-22-8-9-22/h3-7,10,15,19,22,24,26,33H,1-2,8-9,11-14,16-17H2,(H,30,34)/t19-,24-,26-/m1/s1. The number of anilines is 1. The molecule has 3 fully saturated rings. The Morgan fingerprint density at radius 3 is 2.49 bits per heavy atom. The molecule has 0 radical (unpaired) electrons. The fourth-order valence-electron chi connectivity index (χ4n) is 5.02. The molecule has 1 aliphatic carbocycles. The molecule has 0 unspecified atom stereocenters. The lowest BCUT2D eigenvalue weighted by Crippen LogP contribution is -2.48. The molecule has 2 N–H and O–H groups in total. The minimum absolute atomic E-state index is 0.0108. The zero-order chi connectivity index (χ0) is 24.4. The van der Waals surface area contributed by atoms with E-state index in [2.05, 4.69) is 15.1 Å². The number of hydrogen-bond donors (Lipinski definition) is 2. The van der Waals surface area contributed by atoms with Crippen molar-refractivity contribution in [2.24, 2.45) is 5.92 Å². The maximum Gasteiger partial charge on any atom is 0.225 e. The number of hydrogen-bond acceptors (Lipinski definition) is 5. The first-order chi connectivity index (χ1) is 17.0. The van der Waals surface area contributed by atoms with Crippen LogP contribution in [0.1, 0.15) is 43.8 Å². The number of carbonyl (C=O) groups is 1. The summed E-state index contributed by atoms with van der Waals surface area (Å²) in [5.41, 5.74) is 1.84. The Morgan fingerprint density at radius 1 is 1.06 bits per heavy atom. The van der Waals surface area contributed by atoms with Crippen LogP contribution in [0.15, 0.2) is 47.4 Å². The molecule has 0 aromatic heterocycles. The van der Waals surface area contributed by atoms with Crippen molar-refractivity contribution < 1.29 is 9.90 Å². The number of aliphatic hydroxyl groups excluding tert-OH is 1. The van der Waals surface area contributed by atoms with Crippen LogP contribution in [0.3, 0.4) is 0 Å². The molecular weight excluding hydrogens is 501 g/mol. The van der Waals surface area contributed by atoms with Gasteiger partial charge in [-0.3, -0.25) is 4.79 Å². The van der Waals surface area contributed by atoms with Gasteiger partial charge >= 0.3 is 0 Å². The molecule has 5 nitrogen and oxygen atoms in total. The molecule has 2 heterocycles. The average Bonchev–Trinajstić information content (AvgIpc) is 3.30.